The molecule has 0 aliphatic rings. The minimum absolute atomic E-state index is 0.0876. The highest BCUT2D eigenvalue weighted by Crippen LogP contribution is 2.12. The Bertz CT molecular complexity index is 302. The van der Waals surface area contributed by atoms with Crippen LogP contribution in [0.3, 0.4) is 0 Å². The molecule has 0 saturated heterocycles. The van der Waals surface area contributed by atoms with Crippen molar-refractivity contribution in [3.05, 3.63) is 0 Å². The maximum Gasteiger partial charge on any atom is 0.300 e. The van der Waals surface area contributed by atoms with Crippen molar-refractivity contribution in [1.82, 2.24) is 0 Å². The van der Waals surface area contributed by atoms with Crippen molar-refractivity contribution in [3.8, 4) is 0 Å². The first kappa shape index (κ1) is 33.8. The summed E-state index contributed by atoms with van der Waals surface area (Å²) in [6.07, 6.45) is 10.4. The Morgan fingerprint density at radius 2 is 0.821 bits per heavy atom. The molecule has 170 valence electrons. The predicted octanol–water partition coefficient (Wildman–Crippen LogP) is 2.36. The van der Waals surface area contributed by atoms with Gasteiger partial charge in [-0.25, -0.2) is 0 Å². The second-order valence-corrected chi connectivity index (χ2v) is 6.13. The first-order valence-corrected chi connectivity index (χ1v) is 9.46. The Labute approximate surface area is 168 Å². The van der Waals surface area contributed by atoms with Crippen LogP contribution < -0.4 is 0 Å². The Morgan fingerprint density at radius 3 is 1.07 bits per heavy atom. The predicted molar refractivity (Wildman–Crippen MR) is 106 cm³/mol. The zero-order chi connectivity index (χ0) is 22.8. The molecule has 0 aromatic rings. The van der Waals surface area contributed by atoms with Crippen LogP contribution in [-0.2, 0) is 14.4 Å². The molecule has 0 aliphatic heterocycles. The third kappa shape index (κ3) is 74.6. The molecule has 0 bridgehead atoms. The van der Waals surface area contributed by atoms with Gasteiger partial charge in [-0.1, -0.05) is 44.9 Å². The van der Waals surface area contributed by atoms with Gasteiger partial charge in [-0.15, -0.1) is 0 Å². The summed E-state index contributed by atoms with van der Waals surface area (Å²) in [7, 11) is 0. The summed E-state index contributed by atoms with van der Waals surface area (Å²) >= 11 is 0. The molecule has 0 rings (SSSR count). The maximum absolute atomic E-state index is 9.00. The van der Waals surface area contributed by atoms with E-state index in [0.717, 1.165) is 46.5 Å². The van der Waals surface area contributed by atoms with E-state index >= 15 is 0 Å². The van der Waals surface area contributed by atoms with E-state index in [1.165, 1.54) is 32.1 Å². The number of carbonyl (C=O) groups is 3. The van der Waals surface area contributed by atoms with Gasteiger partial charge in [0.05, 0.1) is 0 Å². The lowest BCUT2D eigenvalue weighted by Gasteiger charge is -2.09. The summed E-state index contributed by atoms with van der Waals surface area (Å²) < 4.78 is 0. The smallest absolute Gasteiger partial charge is 0.300 e. The van der Waals surface area contributed by atoms with Gasteiger partial charge in [0.1, 0.15) is 0 Å². The van der Waals surface area contributed by atoms with E-state index < -0.39 is 17.9 Å². The molecule has 0 aliphatic carbocycles. The lowest BCUT2D eigenvalue weighted by molar-refractivity contribution is -0.135. The normalized spacial score (nSPS) is 9.11. The third-order valence-electron chi connectivity index (χ3n) is 3.04. The molecule has 9 nitrogen and oxygen atoms in total. The van der Waals surface area contributed by atoms with E-state index in [1.54, 1.807) is 0 Å². The first-order chi connectivity index (χ1) is 13.0. The van der Waals surface area contributed by atoms with Gasteiger partial charge in [0.25, 0.3) is 17.9 Å². The number of aliphatic hydroxyl groups excluding tert-OH is 3. The van der Waals surface area contributed by atoms with Crippen molar-refractivity contribution in [1.29, 1.82) is 0 Å². The molecule has 28 heavy (non-hydrogen) atoms. The molecular formula is C19H40O9. The van der Waals surface area contributed by atoms with Gasteiger partial charge in [0, 0.05) is 46.5 Å². The fourth-order valence-electron chi connectivity index (χ4n) is 1.85. The summed E-state index contributed by atoms with van der Waals surface area (Å²) in [5.41, 5.74) is 0. The number of carboxylic acids is 3. The van der Waals surface area contributed by atoms with E-state index in [-0.39, 0.29) is 19.1 Å². The molecule has 0 heterocycles. The van der Waals surface area contributed by atoms with Gasteiger partial charge in [0.2, 0.25) is 0 Å². The second kappa shape index (κ2) is 30.0. The zero-order valence-electron chi connectivity index (χ0n) is 17.5. The van der Waals surface area contributed by atoms with Crippen LogP contribution in [0.5, 0.6) is 0 Å². The number of rotatable bonds is 12. The van der Waals surface area contributed by atoms with E-state index in [9.17, 15) is 0 Å². The average Bonchev–Trinajstić information content (AvgIpc) is 2.55. The third-order valence-corrected chi connectivity index (χ3v) is 3.04. The van der Waals surface area contributed by atoms with Crippen LogP contribution in [0.15, 0.2) is 0 Å². The minimum Gasteiger partial charge on any atom is -0.481 e. The highest BCUT2D eigenvalue weighted by atomic mass is 16.4. The highest BCUT2D eigenvalue weighted by molar-refractivity contribution is 5.63. The van der Waals surface area contributed by atoms with E-state index in [2.05, 4.69) is 0 Å². The van der Waals surface area contributed by atoms with Gasteiger partial charge in [-0.05, 0) is 12.8 Å². The molecule has 9 heteroatoms. The Balaban J connectivity index is -0.000000195. The van der Waals surface area contributed by atoms with Gasteiger partial charge < -0.3 is 30.6 Å². The summed E-state index contributed by atoms with van der Waals surface area (Å²) in [4.78, 5) is 27.0. The van der Waals surface area contributed by atoms with Crippen molar-refractivity contribution >= 4 is 17.9 Å². The molecule has 0 spiro atoms. The molecule has 0 aromatic heterocycles. The Morgan fingerprint density at radius 1 is 0.571 bits per heavy atom. The number of carboxylic acid groups (broad SMARTS) is 3. The SMILES string of the molecule is CC(=O)O.CC(=O)O.CC(=O)O.OCCCCCCCCCCC(CO)CO. The number of hydrogen-bond acceptors (Lipinski definition) is 6. The van der Waals surface area contributed by atoms with Crippen molar-refractivity contribution in [2.45, 2.75) is 78.6 Å². The molecule has 6 N–H and O–H groups in total. The van der Waals surface area contributed by atoms with Crippen molar-refractivity contribution in [3.63, 3.8) is 0 Å². The van der Waals surface area contributed by atoms with Crippen molar-refractivity contribution in [2.24, 2.45) is 5.92 Å². The lowest BCUT2D eigenvalue weighted by Crippen LogP contribution is -2.10. The lowest BCUT2D eigenvalue weighted by atomic mass is 10.0. The Kier molecular flexibility index (Phi) is 36.3. The van der Waals surface area contributed by atoms with Crippen LogP contribution in [0.2, 0.25) is 0 Å². The van der Waals surface area contributed by atoms with Crippen LogP contribution in [0.25, 0.3) is 0 Å². The van der Waals surface area contributed by atoms with E-state index in [4.69, 9.17) is 45.0 Å². The maximum atomic E-state index is 9.00. The van der Waals surface area contributed by atoms with Crippen LogP contribution in [-0.4, -0.2) is 68.4 Å². The molecular weight excluding hydrogens is 372 g/mol. The molecule has 0 atom stereocenters. The summed E-state index contributed by atoms with van der Waals surface area (Å²) in [5, 5.41) is 48.6. The quantitative estimate of drug-likeness (QED) is 0.263. The minimum atomic E-state index is -0.833. The largest absolute Gasteiger partial charge is 0.481 e. The Hall–Kier alpha value is -1.71. The molecule has 0 fully saturated rings. The van der Waals surface area contributed by atoms with Gasteiger partial charge in [-0.3, -0.25) is 14.4 Å². The van der Waals surface area contributed by atoms with Crippen molar-refractivity contribution < 1.29 is 45.0 Å². The molecule has 0 saturated carbocycles. The van der Waals surface area contributed by atoms with Gasteiger partial charge in [-0.2, -0.15) is 0 Å². The average molecular weight is 413 g/mol. The van der Waals surface area contributed by atoms with Crippen LogP contribution in [0.1, 0.15) is 78.6 Å². The summed E-state index contributed by atoms with van der Waals surface area (Å²) in [6, 6.07) is 0. The molecule has 0 amide bonds. The van der Waals surface area contributed by atoms with Gasteiger partial charge >= 0.3 is 0 Å². The fraction of sp³-hybridized carbons (Fsp3) is 0.842. The number of aliphatic hydroxyl groups is 3. The number of aliphatic carboxylic acids is 3. The summed E-state index contributed by atoms with van der Waals surface area (Å²) in [5.74, 6) is -2.41. The van der Waals surface area contributed by atoms with Crippen LogP contribution >= 0.6 is 0 Å². The highest BCUT2D eigenvalue weighted by Gasteiger charge is 2.04. The van der Waals surface area contributed by atoms with Crippen LogP contribution in [0, 0.1) is 5.92 Å². The van der Waals surface area contributed by atoms with E-state index in [0.29, 0.717) is 6.61 Å². The zero-order valence-corrected chi connectivity index (χ0v) is 17.5. The van der Waals surface area contributed by atoms with Crippen molar-refractivity contribution in [2.75, 3.05) is 19.8 Å². The number of hydrogen-bond donors (Lipinski definition) is 6. The molecule has 0 unspecified atom stereocenters. The van der Waals surface area contributed by atoms with Gasteiger partial charge in [0.15, 0.2) is 0 Å². The van der Waals surface area contributed by atoms with Crippen LogP contribution in [0.4, 0.5) is 0 Å². The molecule has 0 aromatic carbocycles. The fourth-order valence-corrected chi connectivity index (χ4v) is 1.85. The second-order valence-electron chi connectivity index (χ2n) is 6.13. The topological polar surface area (TPSA) is 173 Å². The standard InChI is InChI=1S/C13H28O3.3C2H4O2/c14-10-8-6-4-2-1-3-5-7-9-13(11-15)12-16;3*1-2(3)4/h13-16H,1-12H2;3*1H3,(H,3,4). The monoisotopic (exact) mass is 412 g/mol. The molecule has 0 radical (unpaired) electrons. The first-order valence-electron chi connectivity index (χ1n) is 9.46. The summed E-state index contributed by atoms with van der Waals surface area (Å²) in [6.45, 7) is 3.79. The number of unbranched alkanes of at least 4 members (excludes halogenated alkanes) is 7. The van der Waals surface area contributed by atoms with E-state index in [1.807, 2.05) is 0 Å².